The third-order valence-corrected chi connectivity index (χ3v) is 5.17. The standard InChI is InChI=1S/C17H26ClFN2/c1-4-20-16(17(21(2)3)9-5-6-10-17)12-13-7-8-15(19)14(18)11-13/h7-8,11,16,20H,4-6,9-10,12H2,1-3H3. The largest absolute Gasteiger partial charge is 0.312 e. The summed E-state index contributed by atoms with van der Waals surface area (Å²) in [6.45, 7) is 3.08. The smallest absolute Gasteiger partial charge is 0.141 e. The van der Waals surface area contributed by atoms with Gasteiger partial charge in [-0.25, -0.2) is 4.39 Å². The molecule has 1 aromatic rings. The van der Waals surface area contributed by atoms with E-state index < -0.39 is 0 Å². The van der Waals surface area contributed by atoms with Crippen LogP contribution in [0.1, 0.15) is 38.2 Å². The van der Waals surface area contributed by atoms with E-state index in [0.717, 1.165) is 18.5 Å². The quantitative estimate of drug-likeness (QED) is 0.857. The first-order valence-corrected chi connectivity index (χ1v) is 8.22. The minimum Gasteiger partial charge on any atom is -0.312 e. The van der Waals surface area contributed by atoms with Gasteiger partial charge < -0.3 is 10.2 Å². The summed E-state index contributed by atoms with van der Waals surface area (Å²) in [5, 5.41) is 3.87. The van der Waals surface area contributed by atoms with Crippen molar-refractivity contribution in [1.29, 1.82) is 0 Å². The van der Waals surface area contributed by atoms with E-state index in [4.69, 9.17) is 11.6 Å². The minimum atomic E-state index is -0.344. The monoisotopic (exact) mass is 312 g/mol. The van der Waals surface area contributed by atoms with E-state index in [1.807, 2.05) is 6.07 Å². The molecule has 1 atom stereocenters. The Bertz CT molecular complexity index is 470. The van der Waals surface area contributed by atoms with Gasteiger partial charge in [0.25, 0.3) is 0 Å². The molecule has 1 saturated carbocycles. The van der Waals surface area contributed by atoms with Crippen LogP contribution in [-0.2, 0) is 6.42 Å². The number of nitrogens with one attached hydrogen (secondary N) is 1. The summed E-state index contributed by atoms with van der Waals surface area (Å²) in [7, 11) is 4.35. The molecule has 0 radical (unpaired) electrons. The van der Waals surface area contributed by atoms with E-state index in [2.05, 4.69) is 31.2 Å². The number of benzene rings is 1. The maximum Gasteiger partial charge on any atom is 0.141 e. The molecular weight excluding hydrogens is 287 g/mol. The predicted molar refractivity (Wildman–Crippen MR) is 87.5 cm³/mol. The summed E-state index contributed by atoms with van der Waals surface area (Å²) in [5.41, 5.74) is 1.29. The summed E-state index contributed by atoms with van der Waals surface area (Å²) in [6.07, 6.45) is 5.87. The van der Waals surface area contributed by atoms with Gasteiger partial charge in [-0.05, 0) is 57.6 Å². The van der Waals surface area contributed by atoms with Gasteiger partial charge in [0.1, 0.15) is 5.82 Å². The predicted octanol–water partition coefficient (Wildman–Crippen LogP) is 3.87. The second-order valence-corrected chi connectivity index (χ2v) is 6.68. The van der Waals surface area contributed by atoms with Crippen molar-refractivity contribution >= 4 is 11.6 Å². The Morgan fingerprint density at radius 2 is 2.00 bits per heavy atom. The molecule has 0 aromatic heterocycles. The molecule has 2 rings (SSSR count). The van der Waals surface area contributed by atoms with Gasteiger partial charge in [-0.15, -0.1) is 0 Å². The fourth-order valence-corrected chi connectivity index (χ4v) is 3.90. The first kappa shape index (κ1) is 16.7. The molecule has 1 aromatic carbocycles. The Hall–Kier alpha value is -0.640. The number of nitrogens with zero attached hydrogens (tertiary/aromatic N) is 1. The summed E-state index contributed by atoms with van der Waals surface area (Å²) >= 11 is 5.93. The molecule has 1 unspecified atom stereocenters. The van der Waals surface area contributed by atoms with Crippen molar-refractivity contribution in [2.45, 2.75) is 50.6 Å². The second-order valence-electron chi connectivity index (χ2n) is 6.27. The Labute approximate surface area is 132 Å². The van der Waals surface area contributed by atoms with Gasteiger partial charge in [-0.3, -0.25) is 0 Å². The van der Waals surface area contributed by atoms with E-state index in [1.54, 1.807) is 6.07 Å². The molecule has 0 spiro atoms. The fraction of sp³-hybridized carbons (Fsp3) is 0.647. The SMILES string of the molecule is CCNC(Cc1ccc(F)c(Cl)c1)C1(N(C)C)CCCC1. The lowest BCUT2D eigenvalue weighted by molar-refractivity contribution is 0.105. The van der Waals surface area contributed by atoms with Gasteiger partial charge in [-0.1, -0.05) is 37.4 Å². The van der Waals surface area contributed by atoms with Crippen molar-refractivity contribution in [3.8, 4) is 0 Å². The van der Waals surface area contributed by atoms with Gasteiger partial charge in [-0.2, -0.15) is 0 Å². The molecule has 0 amide bonds. The van der Waals surface area contributed by atoms with E-state index >= 15 is 0 Å². The van der Waals surface area contributed by atoms with Crippen LogP contribution < -0.4 is 5.32 Å². The number of rotatable bonds is 6. The van der Waals surface area contributed by atoms with Gasteiger partial charge in [0.2, 0.25) is 0 Å². The molecule has 0 bridgehead atoms. The fourth-order valence-electron chi connectivity index (χ4n) is 3.70. The van der Waals surface area contributed by atoms with Crippen molar-refractivity contribution in [3.05, 3.63) is 34.6 Å². The molecule has 0 saturated heterocycles. The van der Waals surface area contributed by atoms with Crippen molar-refractivity contribution < 1.29 is 4.39 Å². The van der Waals surface area contributed by atoms with Crippen LogP contribution in [0.25, 0.3) is 0 Å². The minimum absolute atomic E-state index is 0.191. The number of likely N-dealkylation sites (N-methyl/N-ethyl adjacent to an activating group) is 2. The zero-order chi connectivity index (χ0) is 15.5. The average molecular weight is 313 g/mol. The molecule has 21 heavy (non-hydrogen) atoms. The Morgan fingerprint density at radius 1 is 1.33 bits per heavy atom. The molecule has 2 nitrogen and oxygen atoms in total. The van der Waals surface area contributed by atoms with E-state index in [9.17, 15) is 4.39 Å². The number of halogens is 2. The van der Waals surface area contributed by atoms with Gasteiger partial charge >= 0.3 is 0 Å². The van der Waals surface area contributed by atoms with Crippen LogP contribution in [0.4, 0.5) is 4.39 Å². The first-order valence-electron chi connectivity index (χ1n) is 7.84. The highest BCUT2D eigenvalue weighted by Crippen LogP contribution is 2.38. The van der Waals surface area contributed by atoms with Crippen LogP contribution in [0.15, 0.2) is 18.2 Å². The third-order valence-electron chi connectivity index (χ3n) is 4.88. The number of hydrogen-bond acceptors (Lipinski definition) is 2. The molecule has 1 aliphatic carbocycles. The lowest BCUT2D eigenvalue weighted by Crippen LogP contribution is -2.58. The summed E-state index contributed by atoms with van der Waals surface area (Å²) in [6, 6.07) is 5.45. The van der Waals surface area contributed by atoms with E-state index in [0.29, 0.717) is 6.04 Å². The van der Waals surface area contributed by atoms with Crippen LogP contribution in [-0.4, -0.2) is 37.1 Å². The van der Waals surface area contributed by atoms with Gasteiger partial charge in [0.05, 0.1) is 5.02 Å². The normalized spacial score (nSPS) is 19.1. The molecule has 1 aliphatic rings. The lowest BCUT2D eigenvalue weighted by Gasteiger charge is -2.44. The Kier molecular flexibility index (Phi) is 5.64. The topological polar surface area (TPSA) is 15.3 Å². The summed E-state index contributed by atoms with van der Waals surface area (Å²) in [5.74, 6) is -0.344. The summed E-state index contributed by atoms with van der Waals surface area (Å²) < 4.78 is 13.3. The molecule has 1 N–H and O–H groups in total. The second kappa shape index (κ2) is 7.08. The van der Waals surface area contributed by atoms with Crippen LogP contribution in [0.2, 0.25) is 5.02 Å². The van der Waals surface area contributed by atoms with Crippen LogP contribution in [0, 0.1) is 5.82 Å². The van der Waals surface area contributed by atoms with E-state index in [1.165, 1.54) is 31.7 Å². The Morgan fingerprint density at radius 3 is 2.52 bits per heavy atom. The zero-order valence-corrected chi connectivity index (χ0v) is 14.0. The van der Waals surface area contributed by atoms with Crippen molar-refractivity contribution in [1.82, 2.24) is 10.2 Å². The van der Waals surface area contributed by atoms with Crippen molar-refractivity contribution in [2.75, 3.05) is 20.6 Å². The van der Waals surface area contributed by atoms with Crippen molar-refractivity contribution in [2.24, 2.45) is 0 Å². The zero-order valence-electron chi connectivity index (χ0n) is 13.3. The summed E-state index contributed by atoms with van der Waals surface area (Å²) in [4.78, 5) is 2.37. The molecule has 118 valence electrons. The highest BCUT2D eigenvalue weighted by Gasteiger charge is 2.42. The molecule has 1 fully saturated rings. The molecule has 0 aliphatic heterocycles. The number of hydrogen-bond donors (Lipinski definition) is 1. The van der Waals surface area contributed by atoms with Gasteiger partial charge in [0, 0.05) is 11.6 Å². The molecular formula is C17H26ClFN2. The van der Waals surface area contributed by atoms with Crippen LogP contribution in [0.3, 0.4) is 0 Å². The lowest BCUT2D eigenvalue weighted by atomic mass is 9.83. The first-order chi connectivity index (χ1) is 9.99. The van der Waals surface area contributed by atoms with Crippen molar-refractivity contribution in [3.63, 3.8) is 0 Å². The van der Waals surface area contributed by atoms with Crippen LogP contribution >= 0.6 is 11.6 Å². The van der Waals surface area contributed by atoms with Gasteiger partial charge in [0.15, 0.2) is 0 Å². The Balaban J connectivity index is 2.23. The van der Waals surface area contributed by atoms with Crippen LogP contribution in [0.5, 0.6) is 0 Å². The highest BCUT2D eigenvalue weighted by molar-refractivity contribution is 6.30. The highest BCUT2D eigenvalue weighted by atomic mass is 35.5. The van der Waals surface area contributed by atoms with E-state index in [-0.39, 0.29) is 16.4 Å². The molecule has 4 heteroatoms. The maximum absolute atomic E-state index is 13.3. The maximum atomic E-state index is 13.3. The average Bonchev–Trinajstić information content (AvgIpc) is 2.93. The third kappa shape index (κ3) is 3.58. The molecule has 0 heterocycles.